The van der Waals surface area contributed by atoms with Crippen LogP contribution in [-0.4, -0.2) is 27.3 Å². The number of nitrogens with two attached hydrogens (primary N) is 1. The van der Waals surface area contributed by atoms with Crippen LogP contribution < -0.4 is 5.73 Å². The number of benzene rings is 1. The molecular formula is C17H14F2N4O. The predicted octanol–water partition coefficient (Wildman–Crippen LogP) is 3.22. The van der Waals surface area contributed by atoms with Crippen molar-refractivity contribution >= 4 is 5.82 Å². The third-order valence-electron chi connectivity index (χ3n) is 4.01. The number of rotatable bonds is 3. The van der Waals surface area contributed by atoms with Crippen LogP contribution in [0.2, 0.25) is 0 Å². The lowest BCUT2D eigenvalue weighted by Gasteiger charge is -2.36. The zero-order valence-electron chi connectivity index (χ0n) is 12.6. The zero-order valence-corrected chi connectivity index (χ0v) is 12.6. The van der Waals surface area contributed by atoms with Crippen LogP contribution in [0.1, 0.15) is 11.7 Å². The lowest BCUT2D eigenvalue weighted by molar-refractivity contribution is -0.268. The van der Waals surface area contributed by atoms with E-state index in [2.05, 4.69) is 10.1 Å². The molecule has 1 saturated heterocycles. The lowest BCUT2D eigenvalue weighted by Crippen LogP contribution is -2.44. The molecule has 3 aromatic rings. The van der Waals surface area contributed by atoms with Crippen molar-refractivity contribution in [2.75, 3.05) is 12.3 Å². The van der Waals surface area contributed by atoms with Crippen molar-refractivity contribution in [2.24, 2.45) is 0 Å². The SMILES string of the molecule is Nc1ccnn1-c1ccc(-c2ccc(C3OCC3(F)F)cc2)cn1. The number of aromatic nitrogens is 3. The lowest BCUT2D eigenvalue weighted by atomic mass is 9.97. The van der Waals surface area contributed by atoms with Gasteiger partial charge < -0.3 is 10.5 Å². The number of halogens is 2. The second-order valence-electron chi connectivity index (χ2n) is 5.65. The Morgan fingerprint density at radius 1 is 1.08 bits per heavy atom. The van der Waals surface area contributed by atoms with E-state index in [1.165, 1.54) is 4.68 Å². The summed E-state index contributed by atoms with van der Waals surface area (Å²) in [6, 6.07) is 12.3. The highest BCUT2D eigenvalue weighted by Crippen LogP contribution is 2.43. The maximum Gasteiger partial charge on any atom is 0.300 e. The van der Waals surface area contributed by atoms with Gasteiger partial charge in [0.2, 0.25) is 0 Å². The highest BCUT2D eigenvalue weighted by molar-refractivity contribution is 5.63. The highest BCUT2D eigenvalue weighted by Gasteiger charge is 2.50. The number of hydrogen-bond donors (Lipinski definition) is 1. The zero-order chi connectivity index (χ0) is 16.7. The molecule has 1 fully saturated rings. The van der Waals surface area contributed by atoms with Crippen LogP contribution in [0, 0.1) is 0 Å². The first kappa shape index (κ1) is 14.8. The Bertz CT molecular complexity index is 859. The number of alkyl halides is 2. The molecule has 0 amide bonds. The second kappa shape index (κ2) is 5.38. The molecule has 2 aromatic heterocycles. The van der Waals surface area contributed by atoms with Gasteiger partial charge >= 0.3 is 5.92 Å². The molecule has 1 aliphatic heterocycles. The molecule has 1 unspecified atom stereocenters. The number of anilines is 1. The monoisotopic (exact) mass is 328 g/mol. The van der Waals surface area contributed by atoms with Gasteiger partial charge in [0.25, 0.3) is 0 Å². The summed E-state index contributed by atoms with van der Waals surface area (Å²) in [5, 5.41) is 4.09. The minimum atomic E-state index is -2.78. The first-order valence-electron chi connectivity index (χ1n) is 7.40. The van der Waals surface area contributed by atoms with Crippen molar-refractivity contribution in [2.45, 2.75) is 12.0 Å². The van der Waals surface area contributed by atoms with Gasteiger partial charge in [0.15, 0.2) is 5.82 Å². The Balaban J connectivity index is 1.57. The number of nitrogen functional groups attached to an aromatic ring is 1. The molecule has 0 spiro atoms. The first-order valence-corrected chi connectivity index (χ1v) is 7.40. The van der Waals surface area contributed by atoms with Gasteiger partial charge in [0, 0.05) is 17.8 Å². The first-order chi connectivity index (χ1) is 11.5. The average Bonchev–Trinajstić information content (AvgIpc) is 3.01. The molecule has 0 radical (unpaired) electrons. The van der Waals surface area contributed by atoms with E-state index in [1.807, 2.05) is 6.07 Å². The van der Waals surface area contributed by atoms with Crippen molar-refractivity contribution < 1.29 is 13.5 Å². The molecule has 122 valence electrons. The van der Waals surface area contributed by atoms with E-state index in [9.17, 15) is 8.78 Å². The van der Waals surface area contributed by atoms with E-state index in [0.717, 1.165) is 11.1 Å². The predicted molar refractivity (Wildman–Crippen MR) is 84.8 cm³/mol. The molecule has 4 rings (SSSR count). The molecular weight excluding hydrogens is 314 g/mol. The van der Waals surface area contributed by atoms with Crippen LogP contribution in [0.25, 0.3) is 16.9 Å². The molecule has 2 N–H and O–H groups in total. The Kier molecular flexibility index (Phi) is 3.31. The minimum Gasteiger partial charge on any atom is -0.384 e. The van der Waals surface area contributed by atoms with Crippen LogP contribution in [0.3, 0.4) is 0 Å². The van der Waals surface area contributed by atoms with E-state index < -0.39 is 18.6 Å². The topological polar surface area (TPSA) is 66.0 Å². The van der Waals surface area contributed by atoms with Crippen molar-refractivity contribution in [1.29, 1.82) is 0 Å². The van der Waals surface area contributed by atoms with Gasteiger partial charge in [-0.2, -0.15) is 9.78 Å². The number of pyridine rings is 1. The van der Waals surface area contributed by atoms with Gasteiger partial charge in [-0.3, -0.25) is 0 Å². The third-order valence-corrected chi connectivity index (χ3v) is 4.01. The Morgan fingerprint density at radius 2 is 1.83 bits per heavy atom. The van der Waals surface area contributed by atoms with Gasteiger partial charge in [-0.15, -0.1) is 0 Å². The molecule has 1 aromatic carbocycles. The summed E-state index contributed by atoms with van der Waals surface area (Å²) in [5.74, 6) is -1.67. The summed E-state index contributed by atoms with van der Waals surface area (Å²) in [5.41, 5.74) is 8.03. The molecule has 0 bridgehead atoms. The molecule has 3 heterocycles. The Hall–Kier alpha value is -2.80. The number of ether oxygens (including phenoxy) is 1. The van der Waals surface area contributed by atoms with E-state index in [-0.39, 0.29) is 0 Å². The maximum absolute atomic E-state index is 13.4. The summed E-state index contributed by atoms with van der Waals surface area (Å²) < 4.78 is 33.2. The molecule has 0 saturated carbocycles. The van der Waals surface area contributed by atoms with Crippen molar-refractivity contribution in [3.63, 3.8) is 0 Å². The van der Waals surface area contributed by atoms with Gasteiger partial charge in [0.1, 0.15) is 18.5 Å². The number of hydrogen-bond acceptors (Lipinski definition) is 4. The fourth-order valence-corrected chi connectivity index (χ4v) is 2.67. The van der Waals surface area contributed by atoms with Crippen LogP contribution in [0.5, 0.6) is 0 Å². The molecule has 24 heavy (non-hydrogen) atoms. The third kappa shape index (κ3) is 2.43. The summed E-state index contributed by atoms with van der Waals surface area (Å²) >= 11 is 0. The molecule has 1 aliphatic rings. The number of nitrogens with zero attached hydrogens (tertiary/aromatic N) is 3. The van der Waals surface area contributed by atoms with Gasteiger partial charge in [0.05, 0.1) is 6.20 Å². The van der Waals surface area contributed by atoms with E-state index in [4.69, 9.17) is 10.5 Å². The van der Waals surface area contributed by atoms with Crippen LogP contribution in [-0.2, 0) is 4.74 Å². The average molecular weight is 328 g/mol. The Labute approximate surface area is 136 Å². The summed E-state index contributed by atoms with van der Waals surface area (Å²) in [6.07, 6.45) is 2.15. The maximum atomic E-state index is 13.4. The smallest absolute Gasteiger partial charge is 0.300 e. The van der Waals surface area contributed by atoms with Crippen molar-refractivity contribution in [3.8, 4) is 16.9 Å². The van der Waals surface area contributed by atoms with Crippen LogP contribution in [0.4, 0.5) is 14.6 Å². The quantitative estimate of drug-likeness (QED) is 0.802. The largest absolute Gasteiger partial charge is 0.384 e. The fraction of sp³-hybridized carbons (Fsp3) is 0.176. The molecule has 1 atom stereocenters. The van der Waals surface area contributed by atoms with Crippen LogP contribution >= 0.6 is 0 Å². The normalized spacial score (nSPS) is 19.0. The van der Waals surface area contributed by atoms with E-state index in [0.29, 0.717) is 17.2 Å². The van der Waals surface area contributed by atoms with Gasteiger partial charge in [-0.05, 0) is 23.3 Å². The van der Waals surface area contributed by atoms with Crippen LogP contribution in [0.15, 0.2) is 54.9 Å². The summed E-state index contributed by atoms with van der Waals surface area (Å²) in [6.45, 7) is -0.513. The summed E-state index contributed by atoms with van der Waals surface area (Å²) in [4.78, 5) is 4.34. The summed E-state index contributed by atoms with van der Waals surface area (Å²) in [7, 11) is 0. The van der Waals surface area contributed by atoms with Gasteiger partial charge in [-0.25, -0.2) is 13.8 Å². The van der Waals surface area contributed by atoms with Gasteiger partial charge in [-0.1, -0.05) is 24.3 Å². The minimum absolute atomic E-state index is 0.476. The van der Waals surface area contributed by atoms with Crippen molar-refractivity contribution in [3.05, 3.63) is 60.4 Å². The molecule has 7 heteroatoms. The molecule has 5 nitrogen and oxygen atoms in total. The Morgan fingerprint density at radius 3 is 2.33 bits per heavy atom. The highest BCUT2D eigenvalue weighted by atomic mass is 19.3. The fourth-order valence-electron chi connectivity index (χ4n) is 2.67. The molecule has 0 aliphatic carbocycles. The van der Waals surface area contributed by atoms with E-state index in [1.54, 1.807) is 48.8 Å². The van der Waals surface area contributed by atoms with E-state index >= 15 is 0 Å². The van der Waals surface area contributed by atoms with Crippen molar-refractivity contribution in [1.82, 2.24) is 14.8 Å². The standard InChI is InChI=1S/C17H14F2N4O/c18-17(19)10-24-16(17)12-3-1-11(2-4-12)13-5-6-15(21-9-13)23-14(20)7-8-22-23/h1-9,16H,10,20H2. The second-order valence-corrected chi connectivity index (χ2v) is 5.65.